The summed E-state index contributed by atoms with van der Waals surface area (Å²) in [6.07, 6.45) is 3.99. The van der Waals surface area contributed by atoms with Gasteiger partial charge in [-0.25, -0.2) is 0 Å². The van der Waals surface area contributed by atoms with E-state index in [-0.39, 0.29) is 6.10 Å². The maximum atomic E-state index is 5.94. The van der Waals surface area contributed by atoms with Crippen molar-refractivity contribution in [1.82, 2.24) is 0 Å². The number of nitrogens with zero attached hydrogens (tertiary/aromatic N) is 1. The normalized spacial score (nSPS) is 15.8. The van der Waals surface area contributed by atoms with Crippen LogP contribution >= 0.6 is 0 Å². The van der Waals surface area contributed by atoms with Crippen LogP contribution < -0.4 is 10.2 Å². The predicted octanol–water partition coefficient (Wildman–Crippen LogP) is 3.69. The van der Waals surface area contributed by atoms with Crippen LogP contribution in [0.4, 0.5) is 5.69 Å². The summed E-state index contributed by atoms with van der Waals surface area (Å²) in [6, 6.07) is 17.9. The number of anilines is 1. The lowest BCUT2D eigenvalue weighted by Gasteiger charge is -2.23. The van der Waals surface area contributed by atoms with Crippen molar-refractivity contribution in [3.05, 3.63) is 60.2 Å². The third-order valence-corrected chi connectivity index (χ3v) is 3.53. The second-order valence-electron chi connectivity index (χ2n) is 5.23. The Morgan fingerprint density at radius 3 is 2.45 bits per heavy atom. The van der Waals surface area contributed by atoms with E-state index >= 15 is 0 Å². The maximum Gasteiger partial charge on any atom is 0.119 e. The van der Waals surface area contributed by atoms with Crippen molar-refractivity contribution in [2.24, 2.45) is 5.10 Å². The second-order valence-corrected chi connectivity index (χ2v) is 5.23. The van der Waals surface area contributed by atoms with Crippen molar-refractivity contribution in [3.63, 3.8) is 0 Å². The van der Waals surface area contributed by atoms with Crippen LogP contribution in [0.2, 0.25) is 0 Å². The molecule has 4 heteroatoms. The Labute approximate surface area is 130 Å². The Bertz CT molecular complexity index is 590. The first-order chi connectivity index (χ1) is 10.9. The van der Waals surface area contributed by atoms with Crippen LogP contribution in [0.25, 0.3) is 0 Å². The summed E-state index contributed by atoms with van der Waals surface area (Å²) < 4.78 is 11.3. The molecule has 1 aliphatic rings. The van der Waals surface area contributed by atoms with Crippen LogP contribution in [-0.2, 0) is 4.74 Å². The number of hydrazone groups is 1. The zero-order chi connectivity index (χ0) is 15.0. The van der Waals surface area contributed by atoms with Crippen molar-refractivity contribution in [1.29, 1.82) is 0 Å². The molecule has 4 nitrogen and oxygen atoms in total. The van der Waals surface area contributed by atoms with Gasteiger partial charge in [0.25, 0.3) is 0 Å². The summed E-state index contributed by atoms with van der Waals surface area (Å²) in [5, 5.41) is 4.22. The molecule has 0 atom stereocenters. The largest absolute Gasteiger partial charge is 0.490 e. The molecule has 0 radical (unpaired) electrons. The molecule has 3 rings (SSSR count). The van der Waals surface area contributed by atoms with Gasteiger partial charge < -0.3 is 9.47 Å². The molecule has 0 bridgehead atoms. The molecule has 0 unspecified atom stereocenters. The lowest BCUT2D eigenvalue weighted by molar-refractivity contribution is 0.0256. The molecule has 0 aromatic heterocycles. The Kier molecular flexibility index (Phi) is 5.05. The second kappa shape index (κ2) is 7.61. The van der Waals surface area contributed by atoms with E-state index in [1.54, 1.807) is 6.21 Å². The monoisotopic (exact) mass is 296 g/mol. The van der Waals surface area contributed by atoms with Crippen molar-refractivity contribution in [2.45, 2.75) is 18.9 Å². The van der Waals surface area contributed by atoms with E-state index in [0.29, 0.717) is 0 Å². The van der Waals surface area contributed by atoms with E-state index in [0.717, 1.165) is 43.1 Å². The summed E-state index contributed by atoms with van der Waals surface area (Å²) >= 11 is 0. The first kappa shape index (κ1) is 14.6. The van der Waals surface area contributed by atoms with E-state index in [1.807, 2.05) is 54.6 Å². The molecule has 0 spiro atoms. The highest BCUT2D eigenvalue weighted by Gasteiger charge is 2.14. The molecule has 0 amide bonds. The topological polar surface area (TPSA) is 42.9 Å². The van der Waals surface area contributed by atoms with Gasteiger partial charge in [-0.3, -0.25) is 5.43 Å². The van der Waals surface area contributed by atoms with Crippen LogP contribution in [0.5, 0.6) is 5.75 Å². The van der Waals surface area contributed by atoms with Crippen LogP contribution in [0.3, 0.4) is 0 Å². The third kappa shape index (κ3) is 4.33. The Morgan fingerprint density at radius 2 is 1.73 bits per heavy atom. The van der Waals surface area contributed by atoms with Gasteiger partial charge in [0.05, 0.1) is 25.1 Å². The Hall–Kier alpha value is -2.33. The van der Waals surface area contributed by atoms with E-state index in [2.05, 4.69) is 10.5 Å². The minimum atomic E-state index is 0.271. The molecule has 22 heavy (non-hydrogen) atoms. The van der Waals surface area contributed by atoms with Crippen LogP contribution in [-0.4, -0.2) is 25.5 Å². The summed E-state index contributed by atoms with van der Waals surface area (Å²) in [6.45, 7) is 1.58. The van der Waals surface area contributed by atoms with Gasteiger partial charge in [0.15, 0.2) is 0 Å². The lowest BCUT2D eigenvalue weighted by atomic mass is 10.1. The van der Waals surface area contributed by atoms with Gasteiger partial charge in [-0.2, -0.15) is 5.10 Å². The van der Waals surface area contributed by atoms with Crippen molar-refractivity contribution < 1.29 is 9.47 Å². The Morgan fingerprint density at radius 1 is 1.00 bits per heavy atom. The molecule has 2 aromatic carbocycles. The highest BCUT2D eigenvalue weighted by molar-refractivity contribution is 5.80. The van der Waals surface area contributed by atoms with E-state index in [1.165, 1.54) is 0 Å². The van der Waals surface area contributed by atoms with Gasteiger partial charge in [-0.05, 0) is 42.0 Å². The minimum absolute atomic E-state index is 0.271. The van der Waals surface area contributed by atoms with Gasteiger partial charge in [0, 0.05) is 12.8 Å². The molecule has 1 heterocycles. The van der Waals surface area contributed by atoms with Gasteiger partial charge in [-0.1, -0.05) is 18.2 Å². The fourth-order valence-corrected chi connectivity index (χ4v) is 2.31. The zero-order valence-corrected chi connectivity index (χ0v) is 12.4. The summed E-state index contributed by atoms with van der Waals surface area (Å²) in [5.41, 5.74) is 5.00. The SMILES string of the molecule is C(=NNc1ccccc1)c1ccc(OC2CCOCC2)cc1. The highest BCUT2D eigenvalue weighted by atomic mass is 16.5. The number of hydrogen-bond acceptors (Lipinski definition) is 4. The molecule has 114 valence electrons. The first-order valence-corrected chi connectivity index (χ1v) is 7.59. The number of hydrogen-bond donors (Lipinski definition) is 1. The highest BCUT2D eigenvalue weighted by Crippen LogP contribution is 2.18. The quantitative estimate of drug-likeness (QED) is 0.676. The fraction of sp³-hybridized carbons (Fsp3) is 0.278. The molecular formula is C18H20N2O2. The summed E-state index contributed by atoms with van der Waals surface area (Å²) in [4.78, 5) is 0. The summed E-state index contributed by atoms with van der Waals surface area (Å²) in [5.74, 6) is 0.903. The first-order valence-electron chi connectivity index (χ1n) is 7.59. The van der Waals surface area contributed by atoms with Crippen LogP contribution in [0.1, 0.15) is 18.4 Å². The smallest absolute Gasteiger partial charge is 0.119 e. The molecule has 1 N–H and O–H groups in total. The van der Waals surface area contributed by atoms with E-state index < -0.39 is 0 Å². The standard InChI is InChI=1S/C18H20N2O2/c1-2-4-16(5-3-1)20-19-14-15-6-8-17(9-7-15)22-18-10-12-21-13-11-18/h1-9,14,18,20H,10-13H2. The van der Waals surface area contributed by atoms with Crippen LogP contribution in [0, 0.1) is 0 Å². The van der Waals surface area contributed by atoms with Crippen molar-refractivity contribution in [2.75, 3.05) is 18.6 Å². The molecule has 1 aliphatic heterocycles. The molecule has 0 aliphatic carbocycles. The number of rotatable bonds is 5. The van der Waals surface area contributed by atoms with Gasteiger partial charge in [0.1, 0.15) is 11.9 Å². The fourth-order valence-electron chi connectivity index (χ4n) is 2.31. The van der Waals surface area contributed by atoms with Crippen molar-refractivity contribution in [3.8, 4) is 5.75 Å². The average molecular weight is 296 g/mol. The third-order valence-electron chi connectivity index (χ3n) is 3.53. The maximum absolute atomic E-state index is 5.94. The van der Waals surface area contributed by atoms with E-state index in [4.69, 9.17) is 9.47 Å². The van der Waals surface area contributed by atoms with Crippen molar-refractivity contribution >= 4 is 11.9 Å². The van der Waals surface area contributed by atoms with Gasteiger partial charge in [-0.15, -0.1) is 0 Å². The summed E-state index contributed by atoms with van der Waals surface area (Å²) in [7, 11) is 0. The van der Waals surface area contributed by atoms with Gasteiger partial charge in [0.2, 0.25) is 0 Å². The zero-order valence-electron chi connectivity index (χ0n) is 12.4. The van der Waals surface area contributed by atoms with Gasteiger partial charge >= 0.3 is 0 Å². The average Bonchev–Trinajstić information content (AvgIpc) is 2.58. The van der Waals surface area contributed by atoms with Crippen LogP contribution in [0.15, 0.2) is 59.7 Å². The van der Waals surface area contributed by atoms with E-state index in [9.17, 15) is 0 Å². The number of para-hydroxylation sites is 1. The number of ether oxygens (including phenoxy) is 2. The number of benzene rings is 2. The molecule has 1 saturated heterocycles. The molecular weight excluding hydrogens is 276 g/mol. The molecule has 1 fully saturated rings. The molecule has 0 saturated carbocycles. The predicted molar refractivity (Wildman–Crippen MR) is 88.6 cm³/mol. The molecule has 2 aromatic rings. The number of nitrogens with one attached hydrogen (secondary N) is 1. The lowest BCUT2D eigenvalue weighted by Crippen LogP contribution is -2.25. The Balaban J connectivity index is 1.52. The minimum Gasteiger partial charge on any atom is -0.490 e.